The highest BCUT2D eigenvalue weighted by molar-refractivity contribution is 5.86. The number of aromatic carboxylic acids is 1. The molecule has 0 aliphatic rings. The Hall–Kier alpha value is -2.17. The summed E-state index contributed by atoms with van der Waals surface area (Å²) < 4.78 is 14.2. The van der Waals surface area contributed by atoms with Crippen LogP contribution in [0.4, 0.5) is 4.39 Å². The van der Waals surface area contributed by atoms with Crippen molar-refractivity contribution in [3.8, 4) is 5.69 Å². The van der Waals surface area contributed by atoms with Gasteiger partial charge in [0.25, 0.3) is 0 Å². The van der Waals surface area contributed by atoms with Crippen molar-refractivity contribution >= 4 is 5.97 Å². The molecular weight excluding hydrogens is 247 g/mol. The predicted octanol–water partition coefficient (Wildman–Crippen LogP) is 2.91. The van der Waals surface area contributed by atoms with Crippen LogP contribution in [0.5, 0.6) is 0 Å². The molecule has 2 aromatic rings. The number of hydrogen-bond donors (Lipinski definition) is 1. The van der Waals surface area contributed by atoms with Crippen LogP contribution in [0.1, 0.15) is 30.0 Å². The Morgan fingerprint density at radius 3 is 2.53 bits per heavy atom. The first kappa shape index (κ1) is 13.3. The zero-order valence-electron chi connectivity index (χ0n) is 10.8. The molecule has 1 heterocycles. The van der Waals surface area contributed by atoms with E-state index in [9.17, 15) is 14.3 Å². The van der Waals surface area contributed by atoms with Gasteiger partial charge in [-0.2, -0.15) is 5.10 Å². The zero-order chi connectivity index (χ0) is 14.0. The first-order valence-electron chi connectivity index (χ1n) is 6.05. The summed E-state index contributed by atoms with van der Waals surface area (Å²) in [7, 11) is 0. The first-order chi connectivity index (χ1) is 8.97. The van der Waals surface area contributed by atoms with E-state index in [4.69, 9.17) is 0 Å². The van der Waals surface area contributed by atoms with Gasteiger partial charge < -0.3 is 5.11 Å². The van der Waals surface area contributed by atoms with Gasteiger partial charge in [-0.05, 0) is 42.7 Å². The van der Waals surface area contributed by atoms with E-state index in [0.29, 0.717) is 18.0 Å². The van der Waals surface area contributed by atoms with Crippen LogP contribution in [0.25, 0.3) is 5.69 Å². The fourth-order valence-corrected chi connectivity index (χ4v) is 1.88. The summed E-state index contributed by atoms with van der Waals surface area (Å²) in [5.74, 6) is -1.03. The summed E-state index contributed by atoms with van der Waals surface area (Å²) in [6.45, 7) is 4.08. The minimum Gasteiger partial charge on any atom is -0.477 e. The Kier molecular flexibility index (Phi) is 3.64. The fraction of sp³-hybridized carbons (Fsp3) is 0.286. The molecule has 0 amide bonds. The third-order valence-electron chi connectivity index (χ3n) is 2.67. The third-order valence-corrected chi connectivity index (χ3v) is 2.67. The monoisotopic (exact) mass is 262 g/mol. The van der Waals surface area contributed by atoms with Crippen LogP contribution in [0.3, 0.4) is 0 Å². The highest BCUT2D eigenvalue weighted by Gasteiger charge is 2.16. The molecule has 0 saturated heterocycles. The van der Waals surface area contributed by atoms with E-state index in [1.54, 1.807) is 6.07 Å². The van der Waals surface area contributed by atoms with Crippen molar-refractivity contribution in [1.29, 1.82) is 0 Å². The Labute approximate surface area is 110 Å². The summed E-state index contributed by atoms with van der Waals surface area (Å²) in [4.78, 5) is 11.2. The van der Waals surface area contributed by atoms with Crippen LogP contribution in [-0.4, -0.2) is 20.9 Å². The van der Waals surface area contributed by atoms with Crippen LogP contribution >= 0.6 is 0 Å². The molecule has 19 heavy (non-hydrogen) atoms. The van der Waals surface area contributed by atoms with Gasteiger partial charge in [-0.3, -0.25) is 0 Å². The Bertz CT molecular complexity index is 588. The lowest BCUT2D eigenvalue weighted by Gasteiger charge is -2.04. The largest absolute Gasteiger partial charge is 0.477 e. The summed E-state index contributed by atoms with van der Waals surface area (Å²) >= 11 is 0. The molecular formula is C14H15FN2O2. The lowest BCUT2D eigenvalue weighted by molar-refractivity contribution is 0.0687. The van der Waals surface area contributed by atoms with E-state index in [1.165, 1.54) is 28.9 Å². The van der Waals surface area contributed by atoms with Crippen molar-refractivity contribution < 1.29 is 14.3 Å². The number of aromatic nitrogens is 2. The lowest BCUT2D eigenvalue weighted by atomic mass is 10.1. The second-order valence-electron chi connectivity index (χ2n) is 4.81. The van der Waals surface area contributed by atoms with E-state index >= 15 is 0 Å². The molecule has 100 valence electrons. The zero-order valence-corrected chi connectivity index (χ0v) is 10.8. The quantitative estimate of drug-likeness (QED) is 0.921. The fourth-order valence-electron chi connectivity index (χ4n) is 1.88. The van der Waals surface area contributed by atoms with Gasteiger partial charge in [0.1, 0.15) is 5.82 Å². The van der Waals surface area contributed by atoms with Gasteiger partial charge in [0, 0.05) is 0 Å². The van der Waals surface area contributed by atoms with Crippen molar-refractivity contribution in [2.75, 3.05) is 0 Å². The molecule has 0 aliphatic heterocycles. The molecule has 0 saturated carbocycles. The maximum Gasteiger partial charge on any atom is 0.354 e. The maximum atomic E-state index is 12.9. The number of hydrogen-bond acceptors (Lipinski definition) is 2. The predicted molar refractivity (Wildman–Crippen MR) is 69.0 cm³/mol. The lowest BCUT2D eigenvalue weighted by Crippen LogP contribution is -2.08. The molecule has 5 heteroatoms. The van der Waals surface area contributed by atoms with E-state index in [-0.39, 0.29) is 11.5 Å². The molecule has 4 nitrogen and oxygen atoms in total. The molecule has 2 rings (SSSR count). The minimum absolute atomic E-state index is 0.0854. The topological polar surface area (TPSA) is 55.1 Å². The number of benzene rings is 1. The Morgan fingerprint density at radius 1 is 1.37 bits per heavy atom. The number of rotatable bonds is 4. The maximum absolute atomic E-state index is 12.9. The average molecular weight is 262 g/mol. The molecule has 1 aromatic heterocycles. The highest BCUT2D eigenvalue weighted by atomic mass is 19.1. The van der Waals surface area contributed by atoms with Gasteiger partial charge in [0.05, 0.1) is 11.4 Å². The first-order valence-corrected chi connectivity index (χ1v) is 6.05. The van der Waals surface area contributed by atoms with Crippen molar-refractivity contribution in [1.82, 2.24) is 9.78 Å². The van der Waals surface area contributed by atoms with Crippen LogP contribution in [0.15, 0.2) is 30.3 Å². The van der Waals surface area contributed by atoms with Gasteiger partial charge in [0.2, 0.25) is 0 Å². The molecule has 0 unspecified atom stereocenters. The summed E-state index contributed by atoms with van der Waals surface area (Å²) in [5.41, 5.74) is 1.34. The molecule has 0 radical (unpaired) electrons. The van der Waals surface area contributed by atoms with Crippen molar-refractivity contribution in [2.45, 2.75) is 20.3 Å². The molecule has 1 N–H and O–H groups in total. The molecule has 0 spiro atoms. The SMILES string of the molecule is CC(C)Cc1cc(C(=O)O)n(-c2ccc(F)cc2)n1. The van der Waals surface area contributed by atoms with E-state index < -0.39 is 5.97 Å². The molecule has 1 aromatic carbocycles. The molecule has 0 fully saturated rings. The summed E-state index contributed by atoms with van der Waals surface area (Å²) in [5, 5.41) is 13.5. The van der Waals surface area contributed by atoms with Crippen molar-refractivity contribution in [3.05, 3.63) is 47.5 Å². The van der Waals surface area contributed by atoms with Crippen LogP contribution in [0.2, 0.25) is 0 Å². The number of carboxylic acids is 1. The number of halogens is 1. The second-order valence-corrected chi connectivity index (χ2v) is 4.81. The Balaban J connectivity index is 2.45. The highest BCUT2D eigenvalue weighted by Crippen LogP contribution is 2.16. The van der Waals surface area contributed by atoms with Gasteiger partial charge in [0.15, 0.2) is 5.69 Å². The standard InChI is InChI=1S/C14H15FN2O2/c1-9(2)7-11-8-13(14(18)19)17(16-11)12-5-3-10(15)4-6-12/h3-6,8-9H,7H2,1-2H3,(H,18,19). The Morgan fingerprint density at radius 2 is 2.00 bits per heavy atom. The smallest absolute Gasteiger partial charge is 0.354 e. The van der Waals surface area contributed by atoms with Crippen LogP contribution in [-0.2, 0) is 6.42 Å². The van der Waals surface area contributed by atoms with Crippen LogP contribution < -0.4 is 0 Å². The van der Waals surface area contributed by atoms with E-state index in [0.717, 1.165) is 5.69 Å². The van der Waals surface area contributed by atoms with Crippen LogP contribution in [0, 0.1) is 11.7 Å². The molecule has 0 aliphatic carbocycles. The number of carbonyl (C=O) groups is 1. The third kappa shape index (κ3) is 2.99. The normalized spacial score (nSPS) is 10.9. The molecule has 0 atom stereocenters. The van der Waals surface area contributed by atoms with E-state index in [2.05, 4.69) is 5.10 Å². The van der Waals surface area contributed by atoms with Gasteiger partial charge >= 0.3 is 5.97 Å². The van der Waals surface area contributed by atoms with Crippen molar-refractivity contribution in [3.63, 3.8) is 0 Å². The van der Waals surface area contributed by atoms with Gasteiger partial charge in [-0.25, -0.2) is 13.9 Å². The average Bonchev–Trinajstić information content (AvgIpc) is 2.73. The van der Waals surface area contributed by atoms with E-state index in [1.807, 2.05) is 13.8 Å². The minimum atomic E-state index is -1.05. The summed E-state index contributed by atoms with van der Waals surface area (Å²) in [6, 6.07) is 7.14. The van der Waals surface area contributed by atoms with Gasteiger partial charge in [-0.15, -0.1) is 0 Å². The van der Waals surface area contributed by atoms with Crippen molar-refractivity contribution in [2.24, 2.45) is 5.92 Å². The summed E-state index contributed by atoms with van der Waals surface area (Å²) in [6.07, 6.45) is 0.703. The molecule has 0 bridgehead atoms. The second kappa shape index (κ2) is 5.22. The number of carboxylic acid groups (broad SMARTS) is 1. The number of nitrogens with zero attached hydrogens (tertiary/aromatic N) is 2. The van der Waals surface area contributed by atoms with Gasteiger partial charge in [-0.1, -0.05) is 13.8 Å².